The second-order valence-electron chi connectivity index (χ2n) is 5.30. The summed E-state index contributed by atoms with van der Waals surface area (Å²) in [5, 5.41) is 9.44. The lowest BCUT2D eigenvalue weighted by atomic mass is 10.0. The van der Waals surface area contributed by atoms with Crippen molar-refractivity contribution in [2.75, 3.05) is 36.8 Å². The van der Waals surface area contributed by atoms with E-state index in [0.717, 1.165) is 37.4 Å². The highest BCUT2D eigenvalue weighted by Crippen LogP contribution is 2.35. The van der Waals surface area contributed by atoms with Crippen LogP contribution in [0.2, 0.25) is 0 Å². The number of benzene rings is 1. The topological polar surface area (TPSA) is 82.4 Å². The number of nitrogen functional groups attached to an aromatic ring is 1. The highest BCUT2D eigenvalue weighted by molar-refractivity contribution is 5.93. The maximum Gasteiger partial charge on any atom is 0.0476 e. The zero-order chi connectivity index (χ0) is 12.7. The van der Waals surface area contributed by atoms with Gasteiger partial charge in [0.1, 0.15) is 0 Å². The summed E-state index contributed by atoms with van der Waals surface area (Å²) >= 11 is 0. The number of anilines is 2. The summed E-state index contributed by atoms with van der Waals surface area (Å²) in [6, 6.07) is 5.86. The van der Waals surface area contributed by atoms with Gasteiger partial charge >= 0.3 is 0 Å². The van der Waals surface area contributed by atoms with Crippen LogP contribution in [0.15, 0.2) is 18.2 Å². The fourth-order valence-corrected chi connectivity index (χ4v) is 3.23. The van der Waals surface area contributed by atoms with Crippen LogP contribution in [0.1, 0.15) is 5.56 Å². The largest absolute Gasteiger partial charge is 0.398 e. The van der Waals surface area contributed by atoms with Crippen LogP contribution in [0.4, 0.5) is 11.4 Å². The maximum atomic E-state index is 7.52. The van der Waals surface area contributed by atoms with E-state index < -0.39 is 0 Å². The highest BCUT2D eigenvalue weighted by atomic mass is 15.4. The number of hydrazine groups is 1. The molecule has 5 nitrogen and oxygen atoms in total. The first kappa shape index (κ1) is 11.5. The molecule has 0 saturated carbocycles. The van der Waals surface area contributed by atoms with Gasteiger partial charge in [0.05, 0.1) is 0 Å². The van der Waals surface area contributed by atoms with E-state index in [1.54, 1.807) is 0 Å². The van der Waals surface area contributed by atoms with E-state index in [1.807, 2.05) is 17.1 Å². The van der Waals surface area contributed by atoms with Gasteiger partial charge in [0.2, 0.25) is 0 Å². The molecule has 5 N–H and O–H groups in total. The predicted molar refractivity (Wildman–Crippen MR) is 73.7 cm³/mol. The normalized spacial score (nSPS) is 27.5. The van der Waals surface area contributed by atoms with Crippen molar-refractivity contribution in [1.82, 2.24) is 5.01 Å². The van der Waals surface area contributed by atoms with Gasteiger partial charge in [-0.15, -0.1) is 0 Å². The van der Waals surface area contributed by atoms with Crippen molar-refractivity contribution in [3.8, 4) is 0 Å². The molecular weight excluding hydrogens is 226 g/mol. The minimum atomic E-state index is 0.648. The number of nitrogens with one attached hydrogen (secondary N) is 1. The van der Waals surface area contributed by atoms with E-state index in [1.165, 1.54) is 6.21 Å². The third kappa shape index (κ3) is 1.76. The first-order valence-electron chi connectivity index (χ1n) is 6.32. The van der Waals surface area contributed by atoms with Crippen LogP contribution in [0.3, 0.4) is 0 Å². The first-order valence-corrected chi connectivity index (χ1v) is 6.32. The van der Waals surface area contributed by atoms with E-state index in [-0.39, 0.29) is 0 Å². The van der Waals surface area contributed by atoms with Crippen LogP contribution in [0.25, 0.3) is 0 Å². The van der Waals surface area contributed by atoms with Crippen molar-refractivity contribution in [2.24, 2.45) is 17.7 Å². The highest BCUT2D eigenvalue weighted by Gasteiger charge is 2.39. The second-order valence-corrected chi connectivity index (χ2v) is 5.30. The number of hydrogen-bond donors (Lipinski definition) is 3. The molecule has 2 fully saturated rings. The van der Waals surface area contributed by atoms with Gasteiger partial charge in [-0.1, -0.05) is 6.07 Å². The molecule has 0 aliphatic carbocycles. The number of fused-ring (bicyclic) bond motifs is 1. The lowest BCUT2D eigenvalue weighted by Gasteiger charge is -2.23. The summed E-state index contributed by atoms with van der Waals surface area (Å²) < 4.78 is 0. The molecule has 0 radical (unpaired) electrons. The Kier molecular flexibility index (Phi) is 2.72. The monoisotopic (exact) mass is 245 g/mol. The average Bonchev–Trinajstić information content (AvgIpc) is 2.85. The average molecular weight is 245 g/mol. The van der Waals surface area contributed by atoms with Crippen LogP contribution in [0.5, 0.6) is 0 Å². The van der Waals surface area contributed by atoms with Crippen molar-refractivity contribution in [2.45, 2.75) is 0 Å². The minimum absolute atomic E-state index is 0.648. The molecule has 2 aliphatic rings. The third-order valence-electron chi connectivity index (χ3n) is 4.12. The molecule has 5 heteroatoms. The quantitative estimate of drug-likeness (QED) is 0.403. The number of hydrogen-bond acceptors (Lipinski definition) is 5. The van der Waals surface area contributed by atoms with Gasteiger partial charge in [0.25, 0.3) is 0 Å². The third-order valence-corrected chi connectivity index (χ3v) is 4.12. The summed E-state index contributed by atoms with van der Waals surface area (Å²) in [6.07, 6.45) is 1.36. The molecule has 2 heterocycles. The molecule has 2 aliphatic heterocycles. The fourth-order valence-electron chi connectivity index (χ4n) is 3.23. The van der Waals surface area contributed by atoms with Crippen LogP contribution in [-0.2, 0) is 0 Å². The first-order chi connectivity index (χ1) is 8.69. The molecule has 96 valence electrons. The molecule has 1 aromatic carbocycles. The molecule has 0 bridgehead atoms. The number of nitrogens with zero attached hydrogens (tertiary/aromatic N) is 2. The van der Waals surface area contributed by atoms with Gasteiger partial charge in [-0.3, -0.25) is 5.84 Å². The minimum Gasteiger partial charge on any atom is -0.398 e. The smallest absolute Gasteiger partial charge is 0.0476 e. The van der Waals surface area contributed by atoms with Crippen molar-refractivity contribution in [1.29, 1.82) is 5.41 Å². The van der Waals surface area contributed by atoms with Crippen molar-refractivity contribution in [3.05, 3.63) is 23.8 Å². The Hall–Kier alpha value is -1.59. The summed E-state index contributed by atoms with van der Waals surface area (Å²) in [5.74, 6) is 7.14. The summed E-state index contributed by atoms with van der Waals surface area (Å²) in [5.41, 5.74) is 8.53. The van der Waals surface area contributed by atoms with E-state index in [0.29, 0.717) is 17.5 Å². The Morgan fingerprint density at radius 3 is 2.44 bits per heavy atom. The molecule has 2 saturated heterocycles. The second kappa shape index (κ2) is 4.26. The van der Waals surface area contributed by atoms with Crippen molar-refractivity contribution in [3.63, 3.8) is 0 Å². The predicted octanol–water partition coefficient (Wildman–Crippen LogP) is 0.508. The molecule has 18 heavy (non-hydrogen) atoms. The van der Waals surface area contributed by atoms with Crippen LogP contribution < -0.4 is 16.5 Å². The van der Waals surface area contributed by atoms with Gasteiger partial charge in [0, 0.05) is 49.3 Å². The molecule has 3 rings (SSSR count). The Labute approximate surface area is 107 Å². The Morgan fingerprint density at radius 2 is 1.83 bits per heavy atom. The summed E-state index contributed by atoms with van der Waals surface area (Å²) in [7, 11) is 0. The van der Waals surface area contributed by atoms with E-state index in [2.05, 4.69) is 11.0 Å². The Balaban J connectivity index is 1.86. The molecule has 0 amide bonds. The van der Waals surface area contributed by atoms with Gasteiger partial charge < -0.3 is 16.0 Å². The van der Waals surface area contributed by atoms with Crippen LogP contribution in [-0.4, -0.2) is 37.4 Å². The molecule has 0 spiro atoms. The molecule has 1 aromatic rings. The SMILES string of the molecule is N=Cc1c(N)cccc1N1CC2CN(N)CC2C1. The van der Waals surface area contributed by atoms with Gasteiger partial charge in [-0.25, -0.2) is 5.01 Å². The summed E-state index contributed by atoms with van der Waals surface area (Å²) in [6.45, 7) is 3.98. The van der Waals surface area contributed by atoms with Gasteiger partial charge in [-0.05, 0) is 24.0 Å². The van der Waals surface area contributed by atoms with E-state index in [9.17, 15) is 0 Å². The van der Waals surface area contributed by atoms with Crippen molar-refractivity contribution >= 4 is 17.6 Å². The fraction of sp³-hybridized carbons (Fsp3) is 0.462. The number of rotatable bonds is 2. The zero-order valence-electron chi connectivity index (χ0n) is 10.3. The van der Waals surface area contributed by atoms with E-state index >= 15 is 0 Å². The zero-order valence-corrected chi connectivity index (χ0v) is 10.3. The number of nitrogens with two attached hydrogens (primary N) is 2. The molecular formula is C13H19N5. The Morgan fingerprint density at radius 1 is 1.17 bits per heavy atom. The van der Waals surface area contributed by atoms with Crippen molar-refractivity contribution < 1.29 is 0 Å². The standard InChI is InChI=1S/C13H19N5/c14-4-11-12(15)2-1-3-13(11)17-5-9-7-18(16)8-10(9)6-17/h1-4,9-10,14H,5-8,15-16H2. The lowest BCUT2D eigenvalue weighted by molar-refractivity contribution is 0.330. The van der Waals surface area contributed by atoms with Crippen LogP contribution in [0, 0.1) is 17.2 Å². The lowest BCUT2D eigenvalue weighted by Crippen LogP contribution is -2.33. The molecule has 2 atom stereocenters. The molecule has 0 aromatic heterocycles. The Bertz CT molecular complexity index is 458. The van der Waals surface area contributed by atoms with Gasteiger partial charge in [-0.2, -0.15) is 0 Å². The van der Waals surface area contributed by atoms with E-state index in [4.69, 9.17) is 17.0 Å². The van der Waals surface area contributed by atoms with Gasteiger partial charge in [0.15, 0.2) is 0 Å². The maximum absolute atomic E-state index is 7.52. The molecule has 2 unspecified atom stereocenters. The van der Waals surface area contributed by atoms with Crippen LogP contribution >= 0.6 is 0 Å². The summed E-state index contributed by atoms with van der Waals surface area (Å²) in [4.78, 5) is 2.35.